The second kappa shape index (κ2) is 18.4. The lowest BCUT2D eigenvalue weighted by molar-refractivity contribution is -0.205. The zero-order valence-electron chi connectivity index (χ0n) is 31.4. The van der Waals surface area contributed by atoms with Gasteiger partial charge in [-0.15, -0.1) is 0 Å². The van der Waals surface area contributed by atoms with Gasteiger partial charge in [0.1, 0.15) is 17.8 Å². The van der Waals surface area contributed by atoms with E-state index in [1.807, 2.05) is 49.4 Å². The Morgan fingerprint density at radius 3 is 2.13 bits per heavy atom. The van der Waals surface area contributed by atoms with Gasteiger partial charge in [-0.05, 0) is 56.5 Å². The van der Waals surface area contributed by atoms with Gasteiger partial charge in [0.25, 0.3) is 0 Å². The number of amides is 2. The van der Waals surface area contributed by atoms with E-state index in [9.17, 15) is 24.0 Å². The van der Waals surface area contributed by atoms with Crippen LogP contribution in [0.5, 0.6) is 0 Å². The molecule has 1 saturated heterocycles. The van der Waals surface area contributed by atoms with Crippen LogP contribution < -0.4 is 10.6 Å². The maximum atomic E-state index is 17.2. The Bertz CT molecular complexity index is 1770. The standard InChI is InChI=1S/C40H47FN2O10S/c1-24-13-19-30(20-14-24)54-40(37(47)49-7)22-31(50-25(2)44)35(43-38(48)53-39(4,5)6)36(52-40)34(41)32(51-26(3)45)23-42-33(46)21-27-15-17-29(18-16-27)28-11-9-8-10-12-28/h8-20,31-32,34-36H,21-23H2,1-7H3,(H,42,46)(H,43,48)/t31-,32+,34-,35+,36-,40+/m0/s1. The van der Waals surface area contributed by atoms with Crippen LogP contribution in [0.25, 0.3) is 11.1 Å². The molecule has 290 valence electrons. The van der Waals surface area contributed by atoms with Gasteiger partial charge in [0.2, 0.25) is 10.8 Å². The lowest BCUT2D eigenvalue weighted by Crippen LogP contribution is -2.67. The number of halogens is 1. The highest BCUT2D eigenvalue weighted by Crippen LogP contribution is 2.46. The van der Waals surface area contributed by atoms with Crippen molar-refractivity contribution in [2.45, 2.75) is 100 Å². The van der Waals surface area contributed by atoms with Crippen molar-refractivity contribution in [2.75, 3.05) is 13.7 Å². The topological polar surface area (TPSA) is 156 Å². The summed E-state index contributed by atoms with van der Waals surface area (Å²) >= 11 is 0.905. The lowest BCUT2D eigenvalue weighted by Gasteiger charge is -2.47. The summed E-state index contributed by atoms with van der Waals surface area (Å²) in [7, 11) is 1.13. The number of carbonyl (C=O) groups is 5. The van der Waals surface area contributed by atoms with Crippen molar-refractivity contribution >= 4 is 41.7 Å². The second-order valence-electron chi connectivity index (χ2n) is 13.9. The number of nitrogens with one attached hydrogen (secondary N) is 2. The number of alkyl halides is 1. The summed E-state index contributed by atoms with van der Waals surface area (Å²) in [5.41, 5.74) is 2.64. The van der Waals surface area contributed by atoms with E-state index in [-0.39, 0.29) is 12.8 Å². The molecule has 12 nitrogen and oxygen atoms in total. The van der Waals surface area contributed by atoms with Crippen LogP contribution >= 0.6 is 11.8 Å². The molecule has 3 aromatic carbocycles. The highest BCUT2D eigenvalue weighted by molar-refractivity contribution is 8.01. The SMILES string of the molecule is COC(=O)[C@]1(Sc2ccc(C)cc2)C[C@H](OC(C)=O)[C@@H](NC(=O)OC(C)(C)C)[C@H]([C@@H](F)[C@@H](CNC(=O)Cc2ccc(-c3ccccc3)cc2)OC(C)=O)O1. The molecular formula is C40H47FN2O10S. The molecule has 0 aliphatic carbocycles. The number of carbonyl (C=O) groups excluding carboxylic acids is 5. The average Bonchev–Trinajstić information content (AvgIpc) is 3.11. The van der Waals surface area contributed by atoms with Gasteiger partial charge >= 0.3 is 24.0 Å². The van der Waals surface area contributed by atoms with Crippen LogP contribution in [0, 0.1) is 6.92 Å². The monoisotopic (exact) mass is 766 g/mol. The van der Waals surface area contributed by atoms with Gasteiger partial charge in [-0.3, -0.25) is 14.4 Å². The normalized spacial score (nSPS) is 20.8. The number of ether oxygens (including phenoxy) is 5. The van der Waals surface area contributed by atoms with E-state index in [0.29, 0.717) is 10.5 Å². The largest absolute Gasteiger partial charge is 0.466 e. The van der Waals surface area contributed by atoms with Crippen molar-refractivity contribution in [1.82, 2.24) is 10.6 Å². The van der Waals surface area contributed by atoms with Crippen LogP contribution in [0.4, 0.5) is 9.18 Å². The fourth-order valence-corrected chi connectivity index (χ4v) is 7.12. The fourth-order valence-electron chi connectivity index (χ4n) is 5.90. The van der Waals surface area contributed by atoms with Crippen LogP contribution in [0.15, 0.2) is 83.8 Å². The second-order valence-corrected chi connectivity index (χ2v) is 15.2. The van der Waals surface area contributed by atoms with E-state index in [0.717, 1.165) is 49.4 Å². The average molecular weight is 767 g/mol. The molecule has 54 heavy (non-hydrogen) atoms. The van der Waals surface area contributed by atoms with Gasteiger partial charge in [-0.2, -0.15) is 0 Å². The number of methoxy groups -OCH3 is 1. The van der Waals surface area contributed by atoms with Crippen LogP contribution in [0.1, 0.15) is 52.2 Å². The van der Waals surface area contributed by atoms with Crippen LogP contribution in [0.3, 0.4) is 0 Å². The van der Waals surface area contributed by atoms with E-state index in [4.69, 9.17) is 23.7 Å². The summed E-state index contributed by atoms with van der Waals surface area (Å²) in [6.45, 7) is 8.45. The van der Waals surface area contributed by atoms with E-state index < -0.39 is 77.5 Å². The van der Waals surface area contributed by atoms with E-state index in [1.54, 1.807) is 57.2 Å². The van der Waals surface area contributed by atoms with E-state index >= 15 is 4.39 Å². The summed E-state index contributed by atoms with van der Waals surface area (Å²) in [6.07, 6.45) is -8.61. The number of esters is 3. The maximum absolute atomic E-state index is 17.2. The van der Waals surface area contributed by atoms with Crippen molar-refractivity contribution in [3.63, 3.8) is 0 Å². The van der Waals surface area contributed by atoms with Gasteiger partial charge < -0.3 is 34.3 Å². The molecule has 0 unspecified atom stereocenters. The number of benzene rings is 3. The van der Waals surface area contributed by atoms with Crippen LogP contribution in [0.2, 0.25) is 0 Å². The van der Waals surface area contributed by atoms with Gasteiger partial charge in [0.15, 0.2) is 12.3 Å². The van der Waals surface area contributed by atoms with Crippen molar-refractivity contribution < 1.29 is 52.0 Å². The molecule has 1 fully saturated rings. The van der Waals surface area contributed by atoms with Gasteiger partial charge in [0, 0.05) is 25.2 Å². The Morgan fingerprint density at radius 1 is 0.926 bits per heavy atom. The van der Waals surface area contributed by atoms with Crippen molar-refractivity contribution in [2.24, 2.45) is 0 Å². The molecule has 0 radical (unpaired) electrons. The Morgan fingerprint density at radius 2 is 1.56 bits per heavy atom. The molecule has 3 aromatic rings. The minimum absolute atomic E-state index is 0.0608. The number of alkyl carbamates (subject to hydrolysis) is 1. The van der Waals surface area contributed by atoms with Crippen LogP contribution in [-0.4, -0.2) is 84.6 Å². The first-order valence-electron chi connectivity index (χ1n) is 17.4. The summed E-state index contributed by atoms with van der Waals surface area (Å²) in [4.78, 5) is 63.2. The Hall–Kier alpha value is -4.95. The fraction of sp³-hybridized carbons (Fsp3) is 0.425. The summed E-state index contributed by atoms with van der Waals surface area (Å²) < 4.78 is 45.1. The third kappa shape index (κ3) is 11.8. The number of thioether (sulfide) groups is 1. The predicted octanol–water partition coefficient (Wildman–Crippen LogP) is 5.87. The highest BCUT2D eigenvalue weighted by Gasteiger charge is 2.58. The van der Waals surface area contributed by atoms with Gasteiger partial charge in [-0.1, -0.05) is 84.1 Å². The molecule has 2 amide bonds. The highest BCUT2D eigenvalue weighted by atomic mass is 32.2. The molecule has 0 aromatic heterocycles. The number of hydrogen-bond donors (Lipinski definition) is 2. The molecular weight excluding hydrogens is 720 g/mol. The van der Waals surface area contributed by atoms with Crippen molar-refractivity contribution in [3.8, 4) is 11.1 Å². The Labute approximate surface area is 318 Å². The van der Waals surface area contributed by atoms with Crippen molar-refractivity contribution in [1.29, 1.82) is 0 Å². The maximum Gasteiger partial charge on any atom is 0.408 e. The minimum Gasteiger partial charge on any atom is -0.466 e. The molecule has 1 aliphatic rings. The first-order valence-corrected chi connectivity index (χ1v) is 18.2. The van der Waals surface area contributed by atoms with Gasteiger partial charge in [0.05, 0.1) is 26.1 Å². The minimum atomic E-state index is -2.32. The van der Waals surface area contributed by atoms with E-state index in [2.05, 4.69) is 10.6 Å². The molecule has 0 saturated carbocycles. The molecule has 2 N–H and O–H groups in total. The third-order valence-corrected chi connectivity index (χ3v) is 9.53. The van der Waals surface area contributed by atoms with Crippen molar-refractivity contribution in [3.05, 3.63) is 90.0 Å². The number of aryl methyl sites for hydroxylation is 1. The zero-order chi connectivity index (χ0) is 39.6. The molecule has 0 bridgehead atoms. The number of hydrogen-bond acceptors (Lipinski definition) is 11. The molecule has 1 heterocycles. The molecule has 4 rings (SSSR count). The Balaban J connectivity index is 1.66. The smallest absolute Gasteiger partial charge is 0.408 e. The first-order chi connectivity index (χ1) is 25.5. The van der Waals surface area contributed by atoms with E-state index in [1.165, 1.54) is 0 Å². The van der Waals surface area contributed by atoms with Gasteiger partial charge in [-0.25, -0.2) is 14.0 Å². The third-order valence-electron chi connectivity index (χ3n) is 8.26. The summed E-state index contributed by atoms with van der Waals surface area (Å²) in [5, 5.41) is 5.18. The van der Waals surface area contributed by atoms with Crippen LogP contribution in [-0.2, 0) is 49.3 Å². The zero-order valence-corrected chi connectivity index (χ0v) is 32.2. The number of rotatable bonds is 13. The quantitative estimate of drug-likeness (QED) is 0.159. The predicted molar refractivity (Wildman–Crippen MR) is 199 cm³/mol. The Kier molecular flexibility index (Phi) is 14.2. The lowest BCUT2D eigenvalue weighted by atomic mass is 9.90. The molecule has 14 heteroatoms. The summed E-state index contributed by atoms with van der Waals surface area (Å²) in [5.74, 6) is -3.07. The molecule has 0 spiro atoms. The molecule has 6 atom stereocenters. The first kappa shape index (κ1) is 41.8. The molecule has 1 aliphatic heterocycles. The summed E-state index contributed by atoms with van der Waals surface area (Å²) in [6, 6.07) is 22.7.